The average Bonchev–Trinajstić information content (AvgIpc) is 3.09. The molecule has 0 fully saturated rings. The summed E-state index contributed by atoms with van der Waals surface area (Å²) in [6, 6.07) is 5.48. The van der Waals surface area contributed by atoms with Gasteiger partial charge in [0.05, 0.1) is 31.9 Å². The lowest BCUT2D eigenvalue weighted by Crippen LogP contribution is -2.35. The Kier molecular flexibility index (Phi) is 6.92. The predicted octanol–water partition coefficient (Wildman–Crippen LogP) is 3.07. The number of hydrogen-bond donors (Lipinski definition) is 1. The second-order valence-corrected chi connectivity index (χ2v) is 7.26. The van der Waals surface area contributed by atoms with Gasteiger partial charge in [0.15, 0.2) is 11.5 Å². The van der Waals surface area contributed by atoms with E-state index in [0.717, 1.165) is 10.6 Å². The van der Waals surface area contributed by atoms with E-state index in [2.05, 4.69) is 4.98 Å². The normalized spacial score (nSPS) is 13.0. The molecule has 1 atom stereocenters. The van der Waals surface area contributed by atoms with Crippen molar-refractivity contribution in [3.05, 3.63) is 29.3 Å². The molecule has 0 aliphatic carbocycles. The van der Waals surface area contributed by atoms with Gasteiger partial charge in [0.1, 0.15) is 10.8 Å². The predicted molar refractivity (Wildman–Crippen MR) is 102 cm³/mol. The number of carboxylic acids is 1. The molecule has 0 bridgehead atoms. The van der Waals surface area contributed by atoms with E-state index in [4.69, 9.17) is 14.2 Å². The van der Waals surface area contributed by atoms with E-state index in [1.54, 1.807) is 25.7 Å². The van der Waals surface area contributed by atoms with Crippen molar-refractivity contribution in [2.45, 2.75) is 19.8 Å². The van der Waals surface area contributed by atoms with Crippen LogP contribution in [-0.4, -0.2) is 49.8 Å². The molecule has 27 heavy (non-hydrogen) atoms. The molecule has 1 unspecified atom stereocenters. The van der Waals surface area contributed by atoms with Gasteiger partial charge >= 0.3 is 5.97 Å². The lowest BCUT2D eigenvalue weighted by atomic mass is 9.85. The number of carbonyl (C=O) groups excluding carboxylic acids is 1. The van der Waals surface area contributed by atoms with Gasteiger partial charge < -0.3 is 19.3 Å². The standard InChI is InChI=1S/C19H23NO6S/c1-19(11-24-2,18(22)23)9-14(21)8-13-10-27-17(20-13)12-5-6-15(25-3)16(7-12)26-4/h5-7,10H,8-9,11H2,1-4H3,(H,22,23). The summed E-state index contributed by atoms with van der Waals surface area (Å²) in [6.07, 6.45) is -0.0320. The van der Waals surface area contributed by atoms with Gasteiger partial charge in [0.25, 0.3) is 0 Å². The van der Waals surface area contributed by atoms with Gasteiger partial charge in [0.2, 0.25) is 0 Å². The second kappa shape index (κ2) is 8.96. The minimum Gasteiger partial charge on any atom is -0.493 e. The Bertz CT molecular complexity index is 818. The van der Waals surface area contributed by atoms with Gasteiger partial charge in [0, 0.05) is 30.9 Å². The van der Waals surface area contributed by atoms with Gasteiger partial charge in [-0.3, -0.25) is 9.59 Å². The number of ketones is 1. The van der Waals surface area contributed by atoms with E-state index >= 15 is 0 Å². The minimum absolute atomic E-state index is 0.0258. The first-order valence-electron chi connectivity index (χ1n) is 8.24. The molecule has 1 N–H and O–H groups in total. The first-order chi connectivity index (χ1) is 12.8. The summed E-state index contributed by atoms with van der Waals surface area (Å²) in [5.74, 6) is -0.0259. The number of ether oxygens (including phenoxy) is 3. The van der Waals surface area contributed by atoms with Crippen LogP contribution < -0.4 is 9.47 Å². The maximum Gasteiger partial charge on any atom is 0.312 e. The Morgan fingerprint density at radius 1 is 1.19 bits per heavy atom. The summed E-state index contributed by atoms with van der Waals surface area (Å²) in [5.41, 5.74) is 0.222. The number of methoxy groups -OCH3 is 3. The summed E-state index contributed by atoms with van der Waals surface area (Å²) >= 11 is 1.41. The fraction of sp³-hybridized carbons (Fsp3) is 0.421. The van der Waals surface area contributed by atoms with Crippen molar-refractivity contribution < 1.29 is 28.9 Å². The van der Waals surface area contributed by atoms with Crippen molar-refractivity contribution in [3.63, 3.8) is 0 Å². The van der Waals surface area contributed by atoms with Crippen LogP contribution in [0.3, 0.4) is 0 Å². The molecule has 1 aromatic carbocycles. The van der Waals surface area contributed by atoms with Crippen molar-refractivity contribution in [2.75, 3.05) is 27.9 Å². The Morgan fingerprint density at radius 3 is 2.48 bits per heavy atom. The quantitative estimate of drug-likeness (QED) is 0.663. The number of hydrogen-bond acceptors (Lipinski definition) is 7. The number of aliphatic carboxylic acids is 1. The molecule has 7 nitrogen and oxygen atoms in total. The third-order valence-corrected chi connectivity index (χ3v) is 5.07. The molecule has 2 rings (SSSR count). The monoisotopic (exact) mass is 393 g/mol. The average molecular weight is 393 g/mol. The number of carboxylic acid groups (broad SMARTS) is 1. The van der Waals surface area contributed by atoms with Crippen LogP contribution in [0.1, 0.15) is 19.0 Å². The van der Waals surface area contributed by atoms with Crippen LogP contribution >= 0.6 is 11.3 Å². The highest BCUT2D eigenvalue weighted by Gasteiger charge is 2.35. The largest absolute Gasteiger partial charge is 0.493 e. The maximum absolute atomic E-state index is 12.3. The van der Waals surface area contributed by atoms with Crippen LogP contribution in [-0.2, 0) is 20.7 Å². The number of Topliss-reactive ketones (excluding diaryl/α,β-unsaturated/α-hetero) is 1. The van der Waals surface area contributed by atoms with Crippen LogP contribution in [0.2, 0.25) is 0 Å². The molecule has 0 saturated carbocycles. The highest BCUT2D eigenvalue weighted by Crippen LogP contribution is 2.33. The lowest BCUT2D eigenvalue weighted by molar-refractivity contribution is -0.153. The molecule has 0 aliphatic rings. The van der Waals surface area contributed by atoms with Crippen molar-refractivity contribution in [2.24, 2.45) is 5.41 Å². The highest BCUT2D eigenvalue weighted by molar-refractivity contribution is 7.13. The summed E-state index contributed by atoms with van der Waals surface area (Å²) in [4.78, 5) is 28.3. The van der Waals surface area contributed by atoms with E-state index in [-0.39, 0.29) is 25.2 Å². The summed E-state index contributed by atoms with van der Waals surface area (Å²) < 4.78 is 15.5. The summed E-state index contributed by atoms with van der Waals surface area (Å²) in [5, 5.41) is 11.9. The Morgan fingerprint density at radius 2 is 1.89 bits per heavy atom. The van der Waals surface area contributed by atoms with Crippen LogP contribution in [0.15, 0.2) is 23.6 Å². The first-order valence-corrected chi connectivity index (χ1v) is 9.11. The smallest absolute Gasteiger partial charge is 0.312 e. The fourth-order valence-corrected chi connectivity index (χ4v) is 3.51. The molecular formula is C19H23NO6S. The number of benzene rings is 1. The number of carbonyl (C=O) groups is 2. The first kappa shape index (κ1) is 20.9. The van der Waals surface area contributed by atoms with Gasteiger partial charge in [-0.05, 0) is 25.1 Å². The topological polar surface area (TPSA) is 95.0 Å². The molecule has 0 radical (unpaired) electrons. The zero-order valence-electron chi connectivity index (χ0n) is 15.8. The van der Waals surface area contributed by atoms with Crippen LogP contribution in [0, 0.1) is 5.41 Å². The summed E-state index contributed by atoms with van der Waals surface area (Å²) in [6.45, 7) is 1.48. The molecule has 8 heteroatoms. The molecule has 1 aromatic heterocycles. The van der Waals surface area contributed by atoms with Crippen molar-refractivity contribution in [1.82, 2.24) is 4.98 Å². The van der Waals surface area contributed by atoms with Crippen molar-refractivity contribution in [3.8, 4) is 22.1 Å². The van der Waals surface area contributed by atoms with Gasteiger partial charge in [-0.15, -0.1) is 11.3 Å². The molecule has 1 heterocycles. The van der Waals surface area contributed by atoms with Gasteiger partial charge in [-0.1, -0.05) is 0 Å². The van der Waals surface area contributed by atoms with E-state index < -0.39 is 11.4 Å². The molecule has 0 spiro atoms. The number of rotatable bonds is 10. The maximum atomic E-state index is 12.3. The van der Waals surface area contributed by atoms with E-state index in [0.29, 0.717) is 17.2 Å². The van der Waals surface area contributed by atoms with E-state index in [1.807, 2.05) is 12.1 Å². The Labute approximate surface area is 161 Å². The van der Waals surface area contributed by atoms with Crippen LogP contribution in [0.5, 0.6) is 11.5 Å². The Hall–Kier alpha value is -2.45. The van der Waals surface area contributed by atoms with E-state index in [9.17, 15) is 14.7 Å². The third-order valence-electron chi connectivity index (χ3n) is 4.13. The third kappa shape index (κ3) is 5.05. The fourth-order valence-electron chi connectivity index (χ4n) is 2.70. The zero-order chi connectivity index (χ0) is 20.0. The minimum atomic E-state index is -1.24. The number of thiazole rings is 1. The van der Waals surface area contributed by atoms with Gasteiger partial charge in [-0.25, -0.2) is 4.98 Å². The molecule has 146 valence electrons. The van der Waals surface area contributed by atoms with Crippen molar-refractivity contribution >= 4 is 23.1 Å². The van der Waals surface area contributed by atoms with Crippen LogP contribution in [0.4, 0.5) is 0 Å². The molecule has 2 aromatic rings. The van der Waals surface area contributed by atoms with Crippen molar-refractivity contribution in [1.29, 1.82) is 0 Å². The summed E-state index contributed by atoms with van der Waals surface area (Å²) in [7, 11) is 4.55. The van der Waals surface area contributed by atoms with Gasteiger partial charge in [-0.2, -0.15) is 0 Å². The van der Waals surface area contributed by atoms with Crippen LogP contribution in [0.25, 0.3) is 10.6 Å². The second-order valence-electron chi connectivity index (χ2n) is 6.40. The van der Waals surface area contributed by atoms with E-state index in [1.165, 1.54) is 25.4 Å². The Balaban J connectivity index is 2.12. The molecule has 0 aliphatic heterocycles. The highest BCUT2D eigenvalue weighted by atomic mass is 32.1. The molecule has 0 amide bonds. The lowest BCUT2D eigenvalue weighted by Gasteiger charge is -2.22. The molecular weight excluding hydrogens is 370 g/mol. The zero-order valence-corrected chi connectivity index (χ0v) is 16.6. The number of nitrogens with zero attached hydrogens (tertiary/aromatic N) is 1. The number of aromatic nitrogens is 1. The molecule has 0 saturated heterocycles. The SMILES string of the molecule is COCC(C)(CC(=O)Cc1csc(-c2ccc(OC)c(OC)c2)n1)C(=O)O.